The van der Waals surface area contributed by atoms with Gasteiger partial charge in [-0.05, 0) is 44.6 Å². The first-order chi connectivity index (χ1) is 9.16. The molecule has 2 fully saturated rings. The summed E-state index contributed by atoms with van der Waals surface area (Å²) in [5, 5.41) is 3.69. The first-order valence-electron chi connectivity index (χ1n) is 7.68. The molecule has 1 unspecified atom stereocenters. The van der Waals surface area contributed by atoms with Gasteiger partial charge in [-0.25, -0.2) is 0 Å². The molecule has 1 aliphatic heterocycles. The third kappa shape index (κ3) is 3.01. The molecule has 0 amide bonds. The van der Waals surface area contributed by atoms with E-state index in [0.29, 0.717) is 11.6 Å². The second-order valence-electron chi connectivity index (χ2n) is 6.71. The van der Waals surface area contributed by atoms with Gasteiger partial charge in [0.15, 0.2) is 0 Å². The van der Waals surface area contributed by atoms with Gasteiger partial charge in [-0.3, -0.25) is 4.90 Å². The van der Waals surface area contributed by atoms with Crippen molar-refractivity contribution in [1.29, 1.82) is 0 Å². The van der Waals surface area contributed by atoms with Crippen molar-refractivity contribution in [3.63, 3.8) is 0 Å². The fourth-order valence-electron chi connectivity index (χ4n) is 3.43. The van der Waals surface area contributed by atoms with Crippen LogP contribution in [0.1, 0.15) is 32.3 Å². The van der Waals surface area contributed by atoms with Crippen molar-refractivity contribution in [3.8, 4) is 0 Å². The molecule has 1 aromatic rings. The molecule has 104 valence electrons. The number of piperazine rings is 1. The van der Waals surface area contributed by atoms with Crippen molar-refractivity contribution in [1.82, 2.24) is 10.2 Å². The molecule has 1 heterocycles. The maximum atomic E-state index is 3.69. The largest absolute Gasteiger partial charge is 0.311 e. The Morgan fingerprint density at radius 2 is 1.95 bits per heavy atom. The SMILES string of the molecule is CC(C)(C1CC1)N1CCNC(Cc2ccccc2)C1. The second kappa shape index (κ2) is 5.26. The fourth-order valence-corrected chi connectivity index (χ4v) is 3.43. The summed E-state index contributed by atoms with van der Waals surface area (Å²) in [4.78, 5) is 2.72. The van der Waals surface area contributed by atoms with Gasteiger partial charge in [0, 0.05) is 31.2 Å². The molecule has 2 aliphatic rings. The van der Waals surface area contributed by atoms with Crippen LogP contribution >= 0.6 is 0 Å². The van der Waals surface area contributed by atoms with Gasteiger partial charge >= 0.3 is 0 Å². The van der Waals surface area contributed by atoms with Gasteiger partial charge in [0.05, 0.1) is 0 Å². The molecular weight excluding hydrogens is 232 g/mol. The van der Waals surface area contributed by atoms with Crippen molar-refractivity contribution in [2.45, 2.75) is 44.7 Å². The van der Waals surface area contributed by atoms with E-state index in [4.69, 9.17) is 0 Å². The first kappa shape index (κ1) is 13.1. The van der Waals surface area contributed by atoms with Gasteiger partial charge in [-0.15, -0.1) is 0 Å². The van der Waals surface area contributed by atoms with Crippen molar-refractivity contribution in [2.24, 2.45) is 5.92 Å². The topological polar surface area (TPSA) is 15.3 Å². The molecule has 1 saturated carbocycles. The molecule has 1 saturated heterocycles. The summed E-state index contributed by atoms with van der Waals surface area (Å²) in [5.74, 6) is 0.933. The molecular formula is C17H26N2. The Bertz CT molecular complexity index is 409. The summed E-state index contributed by atoms with van der Waals surface area (Å²) >= 11 is 0. The van der Waals surface area contributed by atoms with Crippen LogP contribution in [-0.4, -0.2) is 36.1 Å². The van der Waals surface area contributed by atoms with Crippen LogP contribution < -0.4 is 5.32 Å². The maximum absolute atomic E-state index is 3.69. The Hall–Kier alpha value is -0.860. The molecule has 1 N–H and O–H groups in total. The minimum Gasteiger partial charge on any atom is -0.311 e. The zero-order valence-corrected chi connectivity index (χ0v) is 12.2. The lowest BCUT2D eigenvalue weighted by molar-refractivity contribution is 0.0655. The Morgan fingerprint density at radius 1 is 1.21 bits per heavy atom. The van der Waals surface area contributed by atoms with Crippen LogP contribution in [0, 0.1) is 5.92 Å². The highest BCUT2D eigenvalue weighted by Gasteiger charge is 2.43. The monoisotopic (exact) mass is 258 g/mol. The summed E-state index contributed by atoms with van der Waals surface area (Å²) in [7, 11) is 0. The van der Waals surface area contributed by atoms with Crippen LogP contribution in [0.15, 0.2) is 30.3 Å². The predicted molar refractivity (Wildman–Crippen MR) is 80.3 cm³/mol. The number of rotatable bonds is 4. The quantitative estimate of drug-likeness (QED) is 0.893. The second-order valence-corrected chi connectivity index (χ2v) is 6.71. The van der Waals surface area contributed by atoms with E-state index in [2.05, 4.69) is 54.4 Å². The minimum atomic E-state index is 0.400. The molecule has 2 heteroatoms. The highest BCUT2D eigenvalue weighted by molar-refractivity contribution is 5.16. The average molecular weight is 258 g/mol. The van der Waals surface area contributed by atoms with E-state index in [1.165, 1.54) is 31.5 Å². The zero-order valence-electron chi connectivity index (χ0n) is 12.2. The van der Waals surface area contributed by atoms with Crippen molar-refractivity contribution >= 4 is 0 Å². The lowest BCUT2D eigenvalue weighted by Gasteiger charge is -2.44. The van der Waals surface area contributed by atoms with Gasteiger partial charge in [0.2, 0.25) is 0 Å². The maximum Gasteiger partial charge on any atom is 0.0236 e. The normalized spacial score (nSPS) is 25.5. The molecule has 3 rings (SSSR count). The van der Waals surface area contributed by atoms with Crippen molar-refractivity contribution < 1.29 is 0 Å². The van der Waals surface area contributed by atoms with E-state index in [0.717, 1.165) is 18.9 Å². The van der Waals surface area contributed by atoms with Crippen molar-refractivity contribution in [2.75, 3.05) is 19.6 Å². The number of nitrogens with one attached hydrogen (secondary N) is 1. The molecule has 0 spiro atoms. The molecule has 0 radical (unpaired) electrons. The number of benzene rings is 1. The van der Waals surface area contributed by atoms with E-state index in [1.54, 1.807) is 0 Å². The van der Waals surface area contributed by atoms with E-state index in [9.17, 15) is 0 Å². The highest BCUT2D eigenvalue weighted by atomic mass is 15.3. The van der Waals surface area contributed by atoms with Crippen LogP contribution in [0.4, 0.5) is 0 Å². The smallest absolute Gasteiger partial charge is 0.0236 e. The molecule has 0 bridgehead atoms. The van der Waals surface area contributed by atoms with Crippen LogP contribution in [0.25, 0.3) is 0 Å². The number of hydrogen-bond acceptors (Lipinski definition) is 2. The molecule has 0 aromatic heterocycles. The van der Waals surface area contributed by atoms with E-state index >= 15 is 0 Å². The summed E-state index contributed by atoms with van der Waals surface area (Å²) < 4.78 is 0. The first-order valence-corrected chi connectivity index (χ1v) is 7.68. The molecule has 1 aliphatic carbocycles. The lowest BCUT2D eigenvalue weighted by Crippen LogP contribution is -2.58. The van der Waals surface area contributed by atoms with Gasteiger partial charge < -0.3 is 5.32 Å². The molecule has 1 atom stereocenters. The van der Waals surface area contributed by atoms with Gasteiger partial charge in [-0.1, -0.05) is 30.3 Å². The summed E-state index contributed by atoms with van der Waals surface area (Å²) in [6.45, 7) is 8.41. The Kier molecular flexibility index (Phi) is 3.64. The van der Waals surface area contributed by atoms with Crippen molar-refractivity contribution in [3.05, 3.63) is 35.9 Å². The third-order valence-electron chi connectivity index (χ3n) is 4.97. The van der Waals surface area contributed by atoms with Crippen LogP contribution in [0.3, 0.4) is 0 Å². The predicted octanol–water partition coefficient (Wildman–Crippen LogP) is 2.69. The minimum absolute atomic E-state index is 0.400. The van der Waals surface area contributed by atoms with E-state index in [-0.39, 0.29) is 0 Å². The van der Waals surface area contributed by atoms with Crippen LogP contribution in [0.2, 0.25) is 0 Å². The highest BCUT2D eigenvalue weighted by Crippen LogP contribution is 2.43. The molecule has 19 heavy (non-hydrogen) atoms. The fraction of sp³-hybridized carbons (Fsp3) is 0.647. The Balaban J connectivity index is 1.62. The zero-order chi connectivity index (χ0) is 13.3. The summed E-state index contributed by atoms with van der Waals surface area (Å²) in [6, 6.07) is 11.5. The van der Waals surface area contributed by atoms with Crippen LogP contribution in [-0.2, 0) is 6.42 Å². The third-order valence-corrected chi connectivity index (χ3v) is 4.97. The molecule has 1 aromatic carbocycles. The number of hydrogen-bond donors (Lipinski definition) is 1. The molecule has 2 nitrogen and oxygen atoms in total. The Labute approximate surface area is 117 Å². The van der Waals surface area contributed by atoms with E-state index in [1.807, 2.05) is 0 Å². The standard InChI is InChI=1S/C17H26N2/c1-17(2,15-8-9-15)19-11-10-18-16(13-19)12-14-6-4-3-5-7-14/h3-7,15-16,18H,8-13H2,1-2H3. The summed E-state index contributed by atoms with van der Waals surface area (Å²) in [6.07, 6.45) is 4.01. The van der Waals surface area contributed by atoms with Gasteiger partial charge in [0.1, 0.15) is 0 Å². The van der Waals surface area contributed by atoms with Gasteiger partial charge in [0.25, 0.3) is 0 Å². The van der Waals surface area contributed by atoms with Crippen LogP contribution in [0.5, 0.6) is 0 Å². The summed E-state index contributed by atoms with van der Waals surface area (Å²) in [5.41, 5.74) is 1.85. The van der Waals surface area contributed by atoms with E-state index < -0.39 is 0 Å². The van der Waals surface area contributed by atoms with Gasteiger partial charge in [-0.2, -0.15) is 0 Å². The number of nitrogens with zero attached hydrogens (tertiary/aromatic N) is 1. The lowest BCUT2D eigenvalue weighted by atomic mass is 9.93. The average Bonchev–Trinajstić information content (AvgIpc) is 3.25. The Morgan fingerprint density at radius 3 is 2.63 bits per heavy atom.